The largest absolute Gasteiger partial charge is 0.493 e. The molecule has 2 heterocycles. The van der Waals surface area contributed by atoms with Gasteiger partial charge in [0.2, 0.25) is 11.8 Å². The normalized spacial score (nSPS) is 14.4. The molecule has 1 N–H and O–H groups in total. The number of benzene rings is 2. The third-order valence-electron chi connectivity index (χ3n) is 5.82. The van der Waals surface area contributed by atoms with Crippen molar-refractivity contribution >= 4 is 40.0 Å². The molecule has 0 saturated heterocycles. The molecule has 4 rings (SSSR count). The minimum absolute atomic E-state index is 0.0721. The van der Waals surface area contributed by atoms with Gasteiger partial charge in [-0.1, -0.05) is 12.1 Å². The summed E-state index contributed by atoms with van der Waals surface area (Å²) in [6, 6.07) is 11.4. The van der Waals surface area contributed by atoms with E-state index in [4.69, 9.17) is 9.47 Å². The van der Waals surface area contributed by atoms with Gasteiger partial charge in [-0.15, -0.1) is 11.3 Å². The Kier molecular flexibility index (Phi) is 6.43. The predicted molar refractivity (Wildman–Crippen MR) is 136 cm³/mol. The van der Waals surface area contributed by atoms with Crippen molar-refractivity contribution in [1.29, 1.82) is 0 Å². The summed E-state index contributed by atoms with van der Waals surface area (Å²) in [5.74, 6) is 1.06. The molecule has 7 nitrogen and oxygen atoms in total. The average molecular weight is 478 g/mol. The zero-order valence-corrected chi connectivity index (χ0v) is 20.7. The molecule has 1 aliphatic rings. The van der Waals surface area contributed by atoms with Crippen molar-refractivity contribution < 1.29 is 19.1 Å². The molecule has 0 saturated carbocycles. The van der Waals surface area contributed by atoms with Crippen LogP contribution < -0.4 is 19.7 Å². The fraction of sp³-hybridized carbons (Fsp3) is 0.269. The van der Waals surface area contributed by atoms with E-state index in [1.807, 2.05) is 62.5 Å². The highest BCUT2D eigenvalue weighted by molar-refractivity contribution is 7.14. The molecule has 1 aliphatic heterocycles. The minimum atomic E-state index is -0.582. The number of rotatable bonds is 7. The summed E-state index contributed by atoms with van der Waals surface area (Å²) in [7, 11) is 3.37. The minimum Gasteiger partial charge on any atom is -0.493 e. The van der Waals surface area contributed by atoms with Crippen LogP contribution in [0.15, 0.2) is 47.9 Å². The molecule has 1 aromatic heterocycles. The number of likely N-dealkylation sites (N-methyl/N-ethyl adjacent to an activating group) is 1. The Morgan fingerprint density at radius 3 is 2.74 bits per heavy atom. The van der Waals surface area contributed by atoms with Crippen LogP contribution in [0.2, 0.25) is 0 Å². The van der Waals surface area contributed by atoms with Crippen LogP contribution >= 0.6 is 11.3 Å². The van der Waals surface area contributed by atoms with Gasteiger partial charge in [0, 0.05) is 29.8 Å². The van der Waals surface area contributed by atoms with Crippen molar-refractivity contribution in [2.45, 2.75) is 26.2 Å². The number of fused-ring (bicyclic) bond motifs is 1. The molecule has 176 valence electrons. The van der Waals surface area contributed by atoms with Crippen LogP contribution in [0.5, 0.6) is 11.5 Å². The van der Waals surface area contributed by atoms with Gasteiger partial charge >= 0.3 is 0 Å². The average Bonchev–Trinajstić information content (AvgIpc) is 3.36. The van der Waals surface area contributed by atoms with E-state index >= 15 is 0 Å². The van der Waals surface area contributed by atoms with E-state index in [-0.39, 0.29) is 11.8 Å². The summed E-state index contributed by atoms with van der Waals surface area (Å²) in [5.41, 5.74) is 3.78. The number of carbonyl (C=O) groups is 2. The number of hydrogen-bond acceptors (Lipinski definition) is 6. The number of carbonyl (C=O) groups excluding carboxylic acids is 2. The highest BCUT2D eigenvalue weighted by Gasteiger charge is 2.42. The maximum Gasteiger partial charge on any atom is 0.250 e. The molecule has 2 aromatic carbocycles. The number of methoxy groups -OCH3 is 1. The molecule has 0 radical (unpaired) electrons. The van der Waals surface area contributed by atoms with Crippen LogP contribution in [0.3, 0.4) is 0 Å². The second-order valence-corrected chi connectivity index (χ2v) is 9.28. The van der Waals surface area contributed by atoms with E-state index in [0.29, 0.717) is 23.2 Å². The lowest BCUT2D eigenvalue weighted by atomic mass is 9.85. The predicted octanol–water partition coefficient (Wildman–Crippen LogP) is 5.12. The van der Waals surface area contributed by atoms with Crippen LogP contribution in [0.25, 0.3) is 17.3 Å². The molecule has 0 bridgehead atoms. The fourth-order valence-electron chi connectivity index (χ4n) is 3.98. The van der Waals surface area contributed by atoms with Crippen LogP contribution in [-0.2, 0) is 15.0 Å². The lowest BCUT2D eigenvalue weighted by molar-refractivity contribution is -0.121. The molecular weight excluding hydrogens is 450 g/mol. The van der Waals surface area contributed by atoms with Crippen LogP contribution in [0.4, 0.5) is 10.8 Å². The molecule has 0 fully saturated rings. The highest BCUT2D eigenvalue weighted by atomic mass is 32.1. The van der Waals surface area contributed by atoms with E-state index in [0.717, 1.165) is 28.1 Å². The maximum atomic E-state index is 12.5. The summed E-state index contributed by atoms with van der Waals surface area (Å²) in [6.45, 7) is 6.31. The number of hydrogen-bond donors (Lipinski definition) is 1. The monoisotopic (exact) mass is 477 g/mol. The summed E-state index contributed by atoms with van der Waals surface area (Å²) < 4.78 is 10.9. The quantitative estimate of drug-likeness (QED) is 0.478. The topological polar surface area (TPSA) is 80.8 Å². The van der Waals surface area contributed by atoms with Crippen LogP contribution in [0.1, 0.15) is 31.9 Å². The van der Waals surface area contributed by atoms with Gasteiger partial charge in [0.15, 0.2) is 16.6 Å². The second-order valence-electron chi connectivity index (χ2n) is 8.42. The van der Waals surface area contributed by atoms with E-state index in [2.05, 4.69) is 10.3 Å². The Hall–Kier alpha value is -3.65. The van der Waals surface area contributed by atoms with Gasteiger partial charge in [0.25, 0.3) is 0 Å². The Morgan fingerprint density at radius 1 is 1.21 bits per heavy atom. The number of thiazole rings is 1. The van der Waals surface area contributed by atoms with Gasteiger partial charge in [-0.3, -0.25) is 14.9 Å². The first kappa shape index (κ1) is 23.5. The molecular formula is C26H27N3O4S. The van der Waals surface area contributed by atoms with Gasteiger partial charge in [0.05, 0.1) is 24.8 Å². The number of ether oxygens (including phenoxy) is 2. The van der Waals surface area contributed by atoms with Crippen LogP contribution in [0, 0.1) is 0 Å². The van der Waals surface area contributed by atoms with E-state index in [1.54, 1.807) is 25.1 Å². The molecule has 0 spiro atoms. The smallest absolute Gasteiger partial charge is 0.250 e. The van der Waals surface area contributed by atoms with Gasteiger partial charge in [0.1, 0.15) is 0 Å². The third kappa shape index (κ3) is 4.41. The fourth-order valence-corrected chi connectivity index (χ4v) is 4.70. The first-order valence-corrected chi connectivity index (χ1v) is 11.8. The standard InChI is InChI=1S/C26H27N3O4S/c1-6-33-21-11-7-16(13-22(21)32-5)8-12-23(30)28-25-27-19(15-34-25)17-9-10-20-18(14-17)26(2,3)24(31)29(20)4/h7-15H,6H2,1-5H3,(H,27,28,30)/b12-8+. The molecule has 2 amide bonds. The number of aromatic nitrogens is 1. The van der Waals surface area contributed by atoms with Gasteiger partial charge in [-0.05, 0) is 62.2 Å². The molecule has 0 atom stereocenters. The molecule has 34 heavy (non-hydrogen) atoms. The van der Waals surface area contributed by atoms with Crippen molar-refractivity contribution in [3.05, 3.63) is 59.0 Å². The van der Waals surface area contributed by atoms with Crippen LogP contribution in [-0.4, -0.2) is 37.6 Å². The Labute approximate surface area is 203 Å². The molecule has 0 unspecified atom stereocenters. The Bertz CT molecular complexity index is 1280. The molecule has 3 aromatic rings. The zero-order chi connectivity index (χ0) is 24.5. The lowest BCUT2D eigenvalue weighted by Gasteiger charge is -2.16. The van der Waals surface area contributed by atoms with Crippen molar-refractivity contribution in [1.82, 2.24) is 4.98 Å². The Balaban J connectivity index is 1.46. The summed E-state index contributed by atoms with van der Waals surface area (Å²) in [6.07, 6.45) is 3.16. The van der Waals surface area contributed by atoms with Gasteiger partial charge in [-0.25, -0.2) is 4.98 Å². The summed E-state index contributed by atoms with van der Waals surface area (Å²) >= 11 is 1.35. The summed E-state index contributed by atoms with van der Waals surface area (Å²) in [5, 5.41) is 5.21. The highest BCUT2D eigenvalue weighted by Crippen LogP contribution is 2.42. The van der Waals surface area contributed by atoms with E-state index in [9.17, 15) is 9.59 Å². The van der Waals surface area contributed by atoms with Gasteiger partial charge < -0.3 is 14.4 Å². The van der Waals surface area contributed by atoms with E-state index < -0.39 is 5.41 Å². The third-order valence-corrected chi connectivity index (χ3v) is 6.57. The SMILES string of the molecule is CCOc1ccc(/C=C/C(=O)Nc2nc(-c3ccc4c(c3)C(C)(C)C(=O)N4C)cs2)cc1OC. The molecule has 0 aliphatic carbocycles. The maximum absolute atomic E-state index is 12.5. The first-order valence-electron chi connectivity index (χ1n) is 10.9. The van der Waals surface area contributed by atoms with Crippen molar-refractivity contribution in [3.8, 4) is 22.8 Å². The second kappa shape index (κ2) is 9.30. The molecule has 8 heteroatoms. The number of anilines is 2. The number of nitrogens with zero attached hydrogens (tertiary/aromatic N) is 2. The zero-order valence-electron chi connectivity index (χ0n) is 19.8. The Morgan fingerprint density at radius 2 is 2.00 bits per heavy atom. The lowest BCUT2D eigenvalue weighted by Crippen LogP contribution is -2.33. The first-order chi connectivity index (χ1) is 16.2. The number of amides is 2. The van der Waals surface area contributed by atoms with E-state index in [1.165, 1.54) is 17.4 Å². The van der Waals surface area contributed by atoms with Crippen molar-refractivity contribution in [2.75, 3.05) is 31.0 Å². The summed E-state index contributed by atoms with van der Waals surface area (Å²) in [4.78, 5) is 31.2. The van der Waals surface area contributed by atoms with Crippen molar-refractivity contribution in [3.63, 3.8) is 0 Å². The number of nitrogens with one attached hydrogen (secondary N) is 1. The van der Waals surface area contributed by atoms with Gasteiger partial charge in [-0.2, -0.15) is 0 Å². The van der Waals surface area contributed by atoms with Crippen molar-refractivity contribution in [2.24, 2.45) is 0 Å².